The van der Waals surface area contributed by atoms with Crippen LogP contribution < -0.4 is 14.8 Å². The Balaban J connectivity index is 2.13. The van der Waals surface area contributed by atoms with Gasteiger partial charge in [0.15, 0.2) is 0 Å². The summed E-state index contributed by atoms with van der Waals surface area (Å²) in [5.41, 5.74) is 0.794. The Morgan fingerprint density at radius 2 is 1.90 bits per heavy atom. The molecule has 2 rings (SSSR count). The van der Waals surface area contributed by atoms with E-state index in [0.29, 0.717) is 18.3 Å². The normalized spacial score (nSPS) is 12.2. The molecular weight excluding hydrogens is 258 g/mol. The molecule has 2 aromatic heterocycles. The number of nitrogens with one attached hydrogen (secondary N) is 2. The van der Waals surface area contributed by atoms with E-state index in [4.69, 9.17) is 9.47 Å². The molecule has 0 fully saturated rings. The molecule has 2 aromatic rings. The fourth-order valence-corrected chi connectivity index (χ4v) is 2.01. The third-order valence-corrected chi connectivity index (χ3v) is 3.04. The van der Waals surface area contributed by atoms with Crippen molar-refractivity contribution in [1.29, 1.82) is 0 Å². The molecule has 0 aliphatic heterocycles. The van der Waals surface area contributed by atoms with E-state index in [1.807, 2.05) is 6.20 Å². The van der Waals surface area contributed by atoms with Gasteiger partial charge < -0.3 is 19.8 Å². The average molecular weight is 277 g/mol. The van der Waals surface area contributed by atoms with Crippen LogP contribution in [0.3, 0.4) is 0 Å². The zero-order valence-electron chi connectivity index (χ0n) is 11.9. The zero-order chi connectivity index (χ0) is 14.4. The topological polar surface area (TPSA) is 84.9 Å². The van der Waals surface area contributed by atoms with Crippen LogP contribution in [-0.4, -0.2) is 34.2 Å². The van der Waals surface area contributed by atoms with Gasteiger partial charge in [0.05, 0.1) is 25.8 Å². The van der Waals surface area contributed by atoms with E-state index in [1.165, 1.54) is 6.33 Å². The third-order valence-electron chi connectivity index (χ3n) is 3.04. The molecule has 0 saturated heterocycles. The Bertz CT molecular complexity index is 507. The first-order valence-corrected chi connectivity index (χ1v) is 6.44. The van der Waals surface area contributed by atoms with E-state index in [0.717, 1.165) is 17.8 Å². The van der Waals surface area contributed by atoms with Crippen molar-refractivity contribution in [3.05, 3.63) is 30.1 Å². The monoisotopic (exact) mass is 277 g/mol. The Kier molecular flexibility index (Phi) is 4.89. The predicted octanol–water partition coefficient (Wildman–Crippen LogP) is 1.46. The first-order chi connectivity index (χ1) is 9.80. The Morgan fingerprint density at radius 3 is 2.40 bits per heavy atom. The van der Waals surface area contributed by atoms with Crippen LogP contribution in [-0.2, 0) is 6.54 Å². The highest BCUT2D eigenvalue weighted by Crippen LogP contribution is 2.24. The smallest absolute Gasteiger partial charge is 0.224 e. The van der Waals surface area contributed by atoms with Crippen LogP contribution in [0.15, 0.2) is 18.7 Å². The van der Waals surface area contributed by atoms with Gasteiger partial charge >= 0.3 is 0 Å². The van der Waals surface area contributed by atoms with E-state index in [9.17, 15) is 0 Å². The third kappa shape index (κ3) is 3.05. The van der Waals surface area contributed by atoms with Gasteiger partial charge in [0, 0.05) is 18.9 Å². The number of ether oxygens (including phenoxy) is 2. The van der Waals surface area contributed by atoms with Crippen LogP contribution in [0.2, 0.25) is 0 Å². The number of hydrogen-bond donors (Lipinski definition) is 2. The van der Waals surface area contributed by atoms with Gasteiger partial charge in [-0.1, -0.05) is 6.92 Å². The second-order valence-corrected chi connectivity index (χ2v) is 4.19. The second kappa shape index (κ2) is 6.85. The molecule has 108 valence electrons. The molecule has 0 saturated carbocycles. The van der Waals surface area contributed by atoms with E-state index in [1.54, 1.807) is 20.4 Å². The van der Waals surface area contributed by atoms with Gasteiger partial charge in [0.2, 0.25) is 11.8 Å². The Labute approximate surface area is 117 Å². The highest BCUT2D eigenvalue weighted by atomic mass is 16.5. The Morgan fingerprint density at radius 1 is 1.20 bits per heavy atom. The summed E-state index contributed by atoms with van der Waals surface area (Å²) in [7, 11) is 3.16. The maximum absolute atomic E-state index is 5.25. The summed E-state index contributed by atoms with van der Waals surface area (Å²) in [5.74, 6) is 1.93. The summed E-state index contributed by atoms with van der Waals surface area (Å²) in [6, 6.07) is 0.125. The SMILES string of the molecule is CCC(NCc1c(OC)ncnc1OC)c1ncc[nH]1. The number of aromatic nitrogens is 4. The minimum atomic E-state index is 0.125. The average Bonchev–Trinajstić information content (AvgIpc) is 3.02. The van der Waals surface area contributed by atoms with E-state index < -0.39 is 0 Å². The Hall–Kier alpha value is -2.15. The number of H-pyrrole nitrogens is 1. The maximum Gasteiger partial charge on any atom is 0.224 e. The summed E-state index contributed by atoms with van der Waals surface area (Å²) in [4.78, 5) is 15.6. The summed E-state index contributed by atoms with van der Waals surface area (Å²) in [6.07, 6.45) is 5.88. The van der Waals surface area contributed by atoms with Gasteiger partial charge in [-0.2, -0.15) is 0 Å². The maximum atomic E-state index is 5.25. The molecule has 20 heavy (non-hydrogen) atoms. The van der Waals surface area contributed by atoms with Crippen molar-refractivity contribution in [3.8, 4) is 11.8 Å². The molecule has 0 spiro atoms. The molecule has 7 heteroatoms. The predicted molar refractivity (Wildman–Crippen MR) is 73.6 cm³/mol. The molecule has 2 N–H and O–H groups in total. The molecule has 1 unspecified atom stereocenters. The number of aromatic amines is 1. The van der Waals surface area contributed by atoms with Gasteiger partial charge in [-0.3, -0.25) is 0 Å². The summed E-state index contributed by atoms with van der Waals surface area (Å²) in [6.45, 7) is 2.63. The molecule has 0 aromatic carbocycles. The quantitative estimate of drug-likeness (QED) is 0.797. The molecule has 7 nitrogen and oxygen atoms in total. The van der Waals surface area contributed by atoms with Crippen molar-refractivity contribution < 1.29 is 9.47 Å². The summed E-state index contributed by atoms with van der Waals surface area (Å²) in [5, 5.41) is 3.40. The van der Waals surface area contributed by atoms with Gasteiger partial charge in [-0.15, -0.1) is 0 Å². The molecule has 0 aliphatic carbocycles. The lowest BCUT2D eigenvalue weighted by Gasteiger charge is -2.16. The molecule has 2 heterocycles. The van der Waals surface area contributed by atoms with Crippen LogP contribution in [0.4, 0.5) is 0 Å². The van der Waals surface area contributed by atoms with Crippen molar-refractivity contribution in [2.75, 3.05) is 14.2 Å². The summed E-state index contributed by atoms with van der Waals surface area (Å²) < 4.78 is 10.5. The molecular formula is C13H19N5O2. The van der Waals surface area contributed by atoms with E-state index in [-0.39, 0.29) is 6.04 Å². The largest absolute Gasteiger partial charge is 0.481 e. The number of nitrogens with zero attached hydrogens (tertiary/aromatic N) is 3. The van der Waals surface area contributed by atoms with Crippen LogP contribution in [0.25, 0.3) is 0 Å². The fraction of sp³-hybridized carbons (Fsp3) is 0.462. The van der Waals surface area contributed by atoms with Crippen LogP contribution in [0.5, 0.6) is 11.8 Å². The molecule has 0 radical (unpaired) electrons. The standard InChI is InChI=1S/C13H19N5O2/c1-4-10(11-14-5-6-15-11)16-7-9-12(19-2)17-8-18-13(9)20-3/h5-6,8,10,16H,4,7H2,1-3H3,(H,14,15). The van der Waals surface area contributed by atoms with Gasteiger partial charge in [-0.25, -0.2) is 15.0 Å². The van der Waals surface area contributed by atoms with Gasteiger partial charge in [0.1, 0.15) is 12.2 Å². The van der Waals surface area contributed by atoms with E-state index in [2.05, 4.69) is 32.2 Å². The first-order valence-electron chi connectivity index (χ1n) is 6.44. The fourth-order valence-electron chi connectivity index (χ4n) is 2.01. The molecule has 0 bridgehead atoms. The second-order valence-electron chi connectivity index (χ2n) is 4.19. The zero-order valence-corrected chi connectivity index (χ0v) is 11.9. The van der Waals surface area contributed by atoms with Gasteiger partial charge in [0.25, 0.3) is 0 Å². The highest BCUT2D eigenvalue weighted by molar-refractivity contribution is 5.34. The minimum Gasteiger partial charge on any atom is -0.481 e. The van der Waals surface area contributed by atoms with Crippen LogP contribution >= 0.6 is 0 Å². The van der Waals surface area contributed by atoms with Crippen molar-refractivity contribution in [1.82, 2.24) is 25.3 Å². The number of methoxy groups -OCH3 is 2. The van der Waals surface area contributed by atoms with Crippen molar-refractivity contribution in [3.63, 3.8) is 0 Å². The van der Waals surface area contributed by atoms with Gasteiger partial charge in [-0.05, 0) is 6.42 Å². The van der Waals surface area contributed by atoms with Crippen LogP contribution in [0.1, 0.15) is 30.8 Å². The van der Waals surface area contributed by atoms with E-state index >= 15 is 0 Å². The number of imidazole rings is 1. The number of hydrogen-bond acceptors (Lipinski definition) is 6. The summed E-state index contributed by atoms with van der Waals surface area (Å²) >= 11 is 0. The first kappa shape index (κ1) is 14.3. The lowest BCUT2D eigenvalue weighted by Crippen LogP contribution is -2.22. The van der Waals surface area contributed by atoms with Crippen molar-refractivity contribution in [2.24, 2.45) is 0 Å². The molecule has 1 atom stereocenters. The van der Waals surface area contributed by atoms with Crippen LogP contribution in [0, 0.1) is 0 Å². The lowest BCUT2D eigenvalue weighted by atomic mass is 10.2. The highest BCUT2D eigenvalue weighted by Gasteiger charge is 2.16. The minimum absolute atomic E-state index is 0.125. The lowest BCUT2D eigenvalue weighted by molar-refractivity contribution is 0.355. The molecule has 0 aliphatic rings. The van der Waals surface area contributed by atoms with Crippen molar-refractivity contribution in [2.45, 2.75) is 25.9 Å². The van der Waals surface area contributed by atoms with Crippen molar-refractivity contribution >= 4 is 0 Å². The number of rotatable bonds is 7. The molecule has 0 amide bonds.